The van der Waals surface area contributed by atoms with E-state index in [0.29, 0.717) is 12.8 Å². The van der Waals surface area contributed by atoms with E-state index in [-0.39, 0.29) is 76.3 Å². The van der Waals surface area contributed by atoms with Gasteiger partial charge in [0.25, 0.3) is 0 Å². The van der Waals surface area contributed by atoms with Crippen molar-refractivity contribution in [2.75, 3.05) is 26.7 Å². The molecule has 11 amide bonds. The average molecular weight is 959 g/mol. The van der Waals surface area contributed by atoms with Crippen molar-refractivity contribution in [1.82, 2.24) is 53.2 Å². The molecule has 0 aromatic rings. The van der Waals surface area contributed by atoms with Gasteiger partial charge in [-0.05, 0) is 52.9 Å². The van der Waals surface area contributed by atoms with Gasteiger partial charge in [0.05, 0.1) is 25.4 Å². The van der Waals surface area contributed by atoms with Crippen LogP contribution in [0.1, 0.15) is 97.8 Å². The first kappa shape index (κ1) is 60.0. The van der Waals surface area contributed by atoms with Gasteiger partial charge >= 0.3 is 11.9 Å². The Balaban J connectivity index is 4.82. The molecule has 7 atom stereocenters. The quantitative estimate of drug-likeness (QED) is 0.0211. The van der Waals surface area contributed by atoms with Crippen molar-refractivity contribution >= 4 is 76.9 Å². The molecule has 0 aromatic heterocycles. The van der Waals surface area contributed by atoms with E-state index in [1.54, 1.807) is 0 Å². The van der Waals surface area contributed by atoms with Crippen LogP contribution in [0.2, 0.25) is 0 Å². The number of nitrogens with one attached hydrogen (secondary N) is 10. The number of aliphatic hydroxyl groups is 1. The molecule has 0 saturated carbocycles. The molecule has 67 heavy (non-hydrogen) atoms. The molecule has 0 fully saturated rings. The minimum atomic E-state index is -1.83. The minimum absolute atomic E-state index is 0.00897. The van der Waals surface area contributed by atoms with Crippen molar-refractivity contribution in [2.45, 2.75) is 140 Å². The first-order valence-corrected chi connectivity index (χ1v) is 21.3. The molecule has 0 rings (SSSR count). The molecule has 0 aliphatic carbocycles. The van der Waals surface area contributed by atoms with E-state index in [4.69, 9.17) is 11.5 Å². The summed E-state index contributed by atoms with van der Waals surface area (Å²) in [7, 11) is 1.40. The number of nitrogens with two attached hydrogens (primary N) is 2. The van der Waals surface area contributed by atoms with Crippen molar-refractivity contribution in [3.63, 3.8) is 0 Å². The summed E-state index contributed by atoms with van der Waals surface area (Å²) in [5.41, 5.74) is 10.5. The zero-order chi connectivity index (χ0) is 51.2. The lowest BCUT2D eigenvalue weighted by Crippen LogP contribution is -2.57. The number of amides is 11. The van der Waals surface area contributed by atoms with Crippen molar-refractivity contribution in [1.29, 1.82) is 0 Å². The van der Waals surface area contributed by atoms with Crippen molar-refractivity contribution in [3.8, 4) is 0 Å². The molecule has 0 bridgehead atoms. The molecule has 0 saturated heterocycles. The lowest BCUT2D eigenvalue weighted by atomic mass is 10.1. The highest BCUT2D eigenvalue weighted by Crippen LogP contribution is 2.05. The standard InChI is InChI=1S/C39H66N12O16/c1-20(34(41)61)48-35(62)21(2)46-29(55)11-7-10-28(54)43-15-6-5-9-23(39(66)67)49-31(57)13-8-12-30(56)47-22(3)36(63)50-25(18-33(59)60)38(65)51-24(17-26(40)52)37(64)45-19-32(58)44-16-14-27(53)42-4/h20-25,34,61H,5-19,41H2,1-4H3,(H2,40,52)(H,42,53)(H,43,54)(H,44,58)(H,45,64)(H,46,55)(H,47,56)(H,48,62)(H,49,57)(H,50,63)(H,51,65)(H,59,60)(H,66,67)/t20-,21-,22-,23?,24-,25-,34?/m0/s1. The van der Waals surface area contributed by atoms with Gasteiger partial charge < -0.3 is 80.0 Å². The van der Waals surface area contributed by atoms with E-state index in [0.717, 1.165) is 0 Å². The number of carbonyl (C=O) groups is 13. The summed E-state index contributed by atoms with van der Waals surface area (Å²) in [6.07, 6.45) is -2.94. The fourth-order valence-corrected chi connectivity index (χ4v) is 5.48. The predicted molar refractivity (Wildman–Crippen MR) is 232 cm³/mol. The molecular formula is C39H66N12O16. The van der Waals surface area contributed by atoms with E-state index in [1.165, 1.54) is 27.8 Å². The van der Waals surface area contributed by atoms with Crippen molar-refractivity contribution in [2.24, 2.45) is 11.5 Å². The Labute approximate surface area is 385 Å². The van der Waals surface area contributed by atoms with Gasteiger partial charge in [0.1, 0.15) is 36.4 Å². The summed E-state index contributed by atoms with van der Waals surface area (Å²) in [6, 6.07) is -7.79. The predicted octanol–water partition coefficient (Wildman–Crippen LogP) is -6.34. The smallest absolute Gasteiger partial charge is 0.326 e. The summed E-state index contributed by atoms with van der Waals surface area (Å²) < 4.78 is 0. The Morgan fingerprint density at radius 3 is 1.49 bits per heavy atom. The number of hydrogen-bond donors (Lipinski definition) is 15. The van der Waals surface area contributed by atoms with Crippen molar-refractivity contribution < 1.29 is 77.6 Å². The third kappa shape index (κ3) is 28.5. The van der Waals surface area contributed by atoms with Gasteiger partial charge in [0.2, 0.25) is 65.0 Å². The molecule has 378 valence electrons. The molecule has 17 N–H and O–H groups in total. The van der Waals surface area contributed by atoms with Crippen LogP contribution in [0.4, 0.5) is 0 Å². The van der Waals surface area contributed by atoms with E-state index in [9.17, 15) is 77.6 Å². The van der Waals surface area contributed by atoms with E-state index in [1.807, 2.05) is 0 Å². The number of carbonyl (C=O) groups excluding carboxylic acids is 11. The molecule has 0 aromatic carbocycles. The van der Waals surface area contributed by atoms with Crippen LogP contribution in [0.5, 0.6) is 0 Å². The highest BCUT2D eigenvalue weighted by atomic mass is 16.4. The van der Waals surface area contributed by atoms with Gasteiger partial charge in [0.15, 0.2) is 0 Å². The van der Waals surface area contributed by atoms with Crippen LogP contribution in [0.15, 0.2) is 0 Å². The average Bonchev–Trinajstić information content (AvgIpc) is 3.23. The number of rotatable bonds is 34. The summed E-state index contributed by atoms with van der Waals surface area (Å²) in [5.74, 6) is -11.1. The Morgan fingerprint density at radius 1 is 0.493 bits per heavy atom. The second-order valence-electron chi connectivity index (χ2n) is 15.3. The van der Waals surface area contributed by atoms with E-state index >= 15 is 0 Å². The van der Waals surface area contributed by atoms with Crippen LogP contribution in [0, 0.1) is 0 Å². The summed E-state index contributed by atoms with van der Waals surface area (Å²) in [5, 5.41) is 51.6. The molecule has 0 aliphatic heterocycles. The summed E-state index contributed by atoms with van der Waals surface area (Å²) >= 11 is 0. The van der Waals surface area contributed by atoms with Gasteiger partial charge in [0, 0.05) is 52.2 Å². The molecule has 28 nitrogen and oxygen atoms in total. The monoisotopic (exact) mass is 958 g/mol. The van der Waals surface area contributed by atoms with Gasteiger partial charge in [-0.25, -0.2) is 4.79 Å². The third-order valence-electron chi connectivity index (χ3n) is 9.34. The Kier molecular flexibility index (Phi) is 29.3. The normalized spacial score (nSPS) is 13.8. The number of aliphatic hydroxyl groups excluding tert-OH is 1. The van der Waals surface area contributed by atoms with Gasteiger partial charge in [-0.1, -0.05) is 0 Å². The Bertz CT molecular complexity index is 1760. The second-order valence-corrected chi connectivity index (χ2v) is 15.3. The van der Waals surface area contributed by atoms with Crippen LogP contribution in [0.25, 0.3) is 0 Å². The highest BCUT2D eigenvalue weighted by molar-refractivity contribution is 5.98. The van der Waals surface area contributed by atoms with Gasteiger partial charge in [-0.2, -0.15) is 0 Å². The molecule has 28 heteroatoms. The first-order valence-electron chi connectivity index (χ1n) is 21.3. The zero-order valence-corrected chi connectivity index (χ0v) is 38.0. The Hall–Kier alpha value is -6.97. The van der Waals surface area contributed by atoms with E-state index < -0.39 is 127 Å². The van der Waals surface area contributed by atoms with Crippen LogP contribution in [-0.2, 0) is 62.3 Å². The second kappa shape index (κ2) is 32.6. The van der Waals surface area contributed by atoms with Crippen LogP contribution < -0.4 is 64.6 Å². The lowest BCUT2D eigenvalue weighted by molar-refractivity contribution is -0.142. The number of carboxylic acids is 2. The Morgan fingerprint density at radius 2 is 0.985 bits per heavy atom. The summed E-state index contributed by atoms with van der Waals surface area (Å²) in [4.78, 5) is 158. The number of aliphatic carboxylic acids is 2. The van der Waals surface area contributed by atoms with Crippen LogP contribution in [0.3, 0.4) is 0 Å². The fraction of sp³-hybridized carbons (Fsp3) is 0.667. The van der Waals surface area contributed by atoms with Crippen molar-refractivity contribution in [3.05, 3.63) is 0 Å². The van der Waals surface area contributed by atoms with E-state index in [2.05, 4.69) is 53.2 Å². The third-order valence-corrected chi connectivity index (χ3v) is 9.34. The summed E-state index contributed by atoms with van der Waals surface area (Å²) in [6.45, 7) is 3.64. The topological polar surface area (TPSA) is 455 Å². The molecule has 0 radical (unpaired) electrons. The largest absolute Gasteiger partial charge is 0.481 e. The maximum atomic E-state index is 13.0. The zero-order valence-electron chi connectivity index (χ0n) is 38.0. The van der Waals surface area contributed by atoms with Gasteiger partial charge in [-0.15, -0.1) is 0 Å². The fourth-order valence-electron chi connectivity index (χ4n) is 5.48. The minimum Gasteiger partial charge on any atom is -0.481 e. The first-order chi connectivity index (χ1) is 31.4. The molecular weight excluding hydrogens is 892 g/mol. The number of primary amides is 1. The van der Waals surface area contributed by atoms with Gasteiger partial charge in [-0.3, -0.25) is 57.5 Å². The molecule has 0 heterocycles. The number of carboxylic acid groups (broad SMARTS) is 2. The van der Waals surface area contributed by atoms with Crippen LogP contribution in [-0.4, -0.2) is 161 Å². The maximum absolute atomic E-state index is 13.0. The SMILES string of the molecule is CNC(=O)CCNC(=O)CNC(=O)[C@H](CC(N)=O)NC(=O)[C@H](CC(=O)O)NC(=O)[C@H](C)NC(=O)CCCC(=O)NC(CCCCNC(=O)CCCC(=O)N[C@@H](C)C(=O)N[C@@H](C)C(N)O)C(=O)O. The van der Waals surface area contributed by atoms with Crippen LogP contribution >= 0.6 is 0 Å². The highest BCUT2D eigenvalue weighted by Gasteiger charge is 2.31. The maximum Gasteiger partial charge on any atom is 0.326 e. The molecule has 0 aliphatic rings. The molecule has 2 unspecified atom stereocenters. The lowest BCUT2D eigenvalue weighted by Gasteiger charge is -2.23. The number of hydrogen-bond acceptors (Lipinski definition) is 15. The number of unbranched alkanes of at least 4 members (excludes halogenated alkanes) is 1. The molecule has 0 spiro atoms.